The Morgan fingerprint density at radius 1 is 0.579 bits per heavy atom. The number of fused-ring (bicyclic) bond motifs is 2. The maximum atomic E-state index is 12.5. The molecule has 0 spiro atoms. The molecule has 0 aliphatic heterocycles. The summed E-state index contributed by atoms with van der Waals surface area (Å²) in [5.41, 5.74) is 0. The Bertz CT molecular complexity index is 583. The van der Waals surface area contributed by atoms with E-state index in [-0.39, 0.29) is 11.6 Å². The van der Waals surface area contributed by atoms with E-state index in [1.165, 1.54) is 0 Å². The first kappa shape index (κ1) is 12.6. The summed E-state index contributed by atoms with van der Waals surface area (Å²) in [5, 5.41) is 0. The van der Waals surface area contributed by atoms with E-state index in [2.05, 4.69) is 0 Å². The summed E-state index contributed by atoms with van der Waals surface area (Å²) in [6, 6.07) is 0. The lowest BCUT2D eigenvalue weighted by molar-refractivity contribution is -0.143. The SMILES string of the molecule is O=C1[C@@H]2[C@H]3C(=O)[C@H]4[C@@H]1[C@]1(Cl)C(Cl)(Cl)[C@@]4(Cl)[C@]3(Cl)[C@@]21Cl. The smallest absolute Gasteiger partial charge is 0.161 e. The number of carbonyl (C=O) groups excluding carboxylic acids is 2. The monoisotopic (exact) mass is 378 g/mol. The number of hydrogen-bond donors (Lipinski definition) is 0. The molecule has 8 atom stereocenters. The summed E-state index contributed by atoms with van der Waals surface area (Å²) in [4.78, 5) is 19.3. The van der Waals surface area contributed by atoms with Crippen LogP contribution in [0.5, 0.6) is 0 Å². The quantitative estimate of drug-likeness (QED) is 0.605. The van der Waals surface area contributed by atoms with Gasteiger partial charge in [0.25, 0.3) is 0 Å². The summed E-state index contributed by atoms with van der Waals surface area (Å²) in [7, 11) is 0. The summed E-state index contributed by atoms with van der Waals surface area (Å²) in [6.07, 6.45) is 0. The Balaban J connectivity index is 2.03. The van der Waals surface area contributed by atoms with E-state index in [9.17, 15) is 9.59 Å². The first-order chi connectivity index (χ1) is 8.56. The van der Waals surface area contributed by atoms with Crippen molar-refractivity contribution < 1.29 is 9.59 Å². The van der Waals surface area contributed by atoms with Gasteiger partial charge in [0.1, 0.15) is 21.3 Å². The van der Waals surface area contributed by atoms with Gasteiger partial charge in [-0.15, -0.1) is 46.4 Å². The molecule has 5 aliphatic rings. The molecule has 0 amide bonds. The highest BCUT2D eigenvalue weighted by molar-refractivity contribution is 6.68. The Kier molecular flexibility index (Phi) is 1.72. The van der Waals surface area contributed by atoms with Gasteiger partial charge in [0.05, 0.1) is 33.4 Å². The average molecular weight is 381 g/mol. The normalized spacial score (nSPS) is 73.2. The van der Waals surface area contributed by atoms with Gasteiger partial charge in [-0.25, -0.2) is 0 Å². The van der Waals surface area contributed by atoms with E-state index in [4.69, 9.17) is 69.6 Å². The third-order valence-corrected chi connectivity index (χ3v) is 11.3. The largest absolute Gasteiger partial charge is 0.299 e. The fourth-order valence-electron chi connectivity index (χ4n) is 5.65. The third kappa shape index (κ3) is 0.629. The van der Waals surface area contributed by atoms with Crippen LogP contribution < -0.4 is 0 Å². The van der Waals surface area contributed by atoms with Crippen molar-refractivity contribution in [3.63, 3.8) is 0 Å². The van der Waals surface area contributed by atoms with E-state index in [0.717, 1.165) is 0 Å². The van der Waals surface area contributed by atoms with Crippen LogP contribution in [-0.4, -0.2) is 35.4 Å². The topological polar surface area (TPSA) is 34.1 Å². The molecule has 0 aromatic rings. The molecule has 2 bridgehead atoms. The van der Waals surface area contributed by atoms with Crippen LogP contribution in [0, 0.1) is 23.7 Å². The molecule has 2 nitrogen and oxygen atoms in total. The van der Waals surface area contributed by atoms with Crippen LogP contribution in [-0.2, 0) is 9.59 Å². The molecule has 0 aromatic heterocycles. The third-order valence-electron chi connectivity index (χ3n) is 6.11. The number of alkyl halides is 6. The number of ketones is 2. The van der Waals surface area contributed by atoms with Crippen molar-refractivity contribution in [3.05, 3.63) is 0 Å². The molecule has 5 rings (SSSR count). The van der Waals surface area contributed by atoms with Crippen LogP contribution in [0.25, 0.3) is 0 Å². The number of rotatable bonds is 0. The van der Waals surface area contributed by atoms with Gasteiger partial charge in [0.15, 0.2) is 4.33 Å². The van der Waals surface area contributed by atoms with Gasteiger partial charge in [-0.05, 0) is 0 Å². The molecule has 5 saturated carbocycles. The highest BCUT2D eigenvalue weighted by atomic mass is 35.5. The summed E-state index contributed by atoms with van der Waals surface area (Å²) < 4.78 is -1.72. The van der Waals surface area contributed by atoms with Gasteiger partial charge in [0.2, 0.25) is 0 Å². The lowest BCUT2D eigenvalue weighted by Crippen LogP contribution is -2.73. The first-order valence-electron chi connectivity index (χ1n) is 5.77. The predicted octanol–water partition coefficient (Wildman–Crippen LogP) is 2.74. The molecule has 8 heteroatoms. The minimum atomic E-state index is -1.72. The fraction of sp³-hybridized carbons (Fsp3) is 0.818. The highest BCUT2D eigenvalue weighted by Crippen LogP contribution is 2.96. The molecule has 0 unspecified atom stereocenters. The summed E-state index contributed by atoms with van der Waals surface area (Å²) in [5.74, 6) is -3.41. The molecule has 5 aliphatic carbocycles. The Hall–Kier alpha value is 1.08. The van der Waals surface area contributed by atoms with Crippen molar-refractivity contribution in [1.82, 2.24) is 0 Å². The van der Waals surface area contributed by atoms with Crippen LogP contribution in [0.2, 0.25) is 0 Å². The van der Waals surface area contributed by atoms with Gasteiger partial charge in [-0.3, -0.25) is 9.59 Å². The maximum absolute atomic E-state index is 12.5. The van der Waals surface area contributed by atoms with Crippen molar-refractivity contribution in [2.45, 2.75) is 23.8 Å². The summed E-state index contributed by atoms with van der Waals surface area (Å²) >= 11 is 39.4. The Morgan fingerprint density at radius 3 is 1.16 bits per heavy atom. The van der Waals surface area contributed by atoms with E-state index < -0.39 is 47.5 Å². The van der Waals surface area contributed by atoms with Crippen LogP contribution in [0.4, 0.5) is 0 Å². The van der Waals surface area contributed by atoms with Crippen molar-refractivity contribution in [3.8, 4) is 0 Å². The Labute approximate surface area is 138 Å². The number of carbonyl (C=O) groups is 2. The van der Waals surface area contributed by atoms with Gasteiger partial charge in [-0.2, -0.15) is 0 Å². The zero-order chi connectivity index (χ0) is 14.0. The van der Waals surface area contributed by atoms with Gasteiger partial charge >= 0.3 is 0 Å². The predicted molar refractivity (Wildman–Crippen MR) is 72.7 cm³/mol. The van der Waals surface area contributed by atoms with Crippen LogP contribution in [0.3, 0.4) is 0 Å². The minimum absolute atomic E-state index is 0.165. The fourth-order valence-corrected chi connectivity index (χ4v) is 9.87. The molecule has 102 valence electrons. The highest BCUT2D eigenvalue weighted by Gasteiger charge is 3.11. The molecule has 19 heavy (non-hydrogen) atoms. The molecule has 0 radical (unpaired) electrons. The van der Waals surface area contributed by atoms with Crippen molar-refractivity contribution in [1.29, 1.82) is 0 Å². The molecule has 0 aromatic carbocycles. The maximum Gasteiger partial charge on any atom is 0.161 e. The molecular formula is C11H4Cl6O2. The number of Topliss-reactive ketones (excluding diaryl/α,β-unsaturated/α-hetero) is 2. The van der Waals surface area contributed by atoms with Crippen molar-refractivity contribution in [2.24, 2.45) is 23.7 Å². The van der Waals surface area contributed by atoms with Crippen molar-refractivity contribution in [2.75, 3.05) is 0 Å². The average Bonchev–Trinajstić information content (AvgIpc) is 2.57. The van der Waals surface area contributed by atoms with Crippen LogP contribution >= 0.6 is 69.6 Å². The minimum Gasteiger partial charge on any atom is -0.299 e. The van der Waals surface area contributed by atoms with Gasteiger partial charge < -0.3 is 0 Å². The zero-order valence-electron chi connectivity index (χ0n) is 8.89. The second kappa shape index (κ2) is 2.59. The lowest BCUT2D eigenvalue weighted by Gasteiger charge is -2.58. The van der Waals surface area contributed by atoms with E-state index in [0.29, 0.717) is 0 Å². The second-order valence-corrected chi connectivity index (χ2v) is 9.85. The molecule has 0 N–H and O–H groups in total. The van der Waals surface area contributed by atoms with Gasteiger partial charge in [-0.1, -0.05) is 23.2 Å². The second-order valence-electron chi connectivity index (χ2n) is 6.14. The van der Waals surface area contributed by atoms with E-state index in [1.54, 1.807) is 0 Å². The van der Waals surface area contributed by atoms with E-state index >= 15 is 0 Å². The van der Waals surface area contributed by atoms with Crippen molar-refractivity contribution >= 4 is 81.2 Å². The molecule has 0 heterocycles. The molecule has 5 fully saturated rings. The standard InChI is InChI=1S/C11H4Cl6O2/c12-7-1-2-6(19)4-3(5(1)18)9(7,14)11(16,17)10(4,15)8(2,7)13/h1-4H/t1-,2-,3-,4+,7-,8+,9+,10-/m0/s1. The van der Waals surface area contributed by atoms with Gasteiger partial charge in [0, 0.05) is 0 Å². The summed E-state index contributed by atoms with van der Waals surface area (Å²) in [6.45, 7) is 0. The zero-order valence-corrected chi connectivity index (χ0v) is 13.4. The van der Waals surface area contributed by atoms with Crippen LogP contribution in [0.1, 0.15) is 0 Å². The number of halogens is 6. The first-order valence-corrected chi connectivity index (χ1v) is 8.04. The Morgan fingerprint density at radius 2 is 0.842 bits per heavy atom. The molecular weight excluding hydrogens is 377 g/mol. The lowest BCUT2D eigenvalue weighted by atomic mass is 9.57. The van der Waals surface area contributed by atoms with Crippen LogP contribution in [0.15, 0.2) is 0 Å². The molecule has 0 saturated heterocycles. The van der Waals surface area contributed by atoms with E-state index in [1.807, 2.05) is 0 Å². The number of hydrogen-bond acceptors (Lipinski definition) is 2.